The molecule has 2 amide bonds. The Kier molecular flexibility index (Phi) is 6.80. The summed E-state index contributed by atoms with van der Waals surface area (Å²) in [5.41, 5.74) is 0.500. The molecule has 150 valence electrons. The molecular formula is C19H24Cl2N6O. The number of benzene rings is 1. The molecule has 1 aromatic heterocycles. The first-order valence-electron chi connectivity index (χ1n) is 9.21. The third-order valence-corrected chi connectivity index (χ3v) is 5.51. The minimum atomic E-state index is -0.275. The zero-order chi connectivity index (χ0) is 20.1. The van der Waals surface area contributed by atoms with Gasteiger partial charge in [0.1, 0.15) is 5.82 Å². The molecule has 1 aliphatic carbocycles. The monoisotopic (exact) mass is 422 g/mol. The van der Waals surface area contributed by atoms with E-state index in [1.54, 1.807) is 24.4 Å². The van der Waals surface area contributed by atoms with E-state index in [0.717, 1.165) is 31.5 Å². The van der Waals surface area contributed by atoms with E-state index in [2.05, 4.69) is 25.9 Å². The van der Waals surface area contributed by atoms with E-state index in [9.17, 15) is 4.79 Å². The first kappa shape index (κ1) is 20.5. The van der Waals surface area contributed by atoms with Gasteiger partial charge < -0.3 is 20.9 Å². The number of carbonyl (C=O) groups is 1. The van der Waals surface area contributed by atoms with Crippen LogP contribution in [0, 0.1) is 0 Å². The Hall–Kier alpha value is -2.25. The fourth-order valence-electron chi connectivity index (χ4n) is 3.18. The van der Waals surface area contributed by atoms with E-state index in [4.69, 9.17) is 23.2 Å². The van der Waals surface area contributed by atoms with Crippen LogP contribution >= 0.6 is 23.2 Å². The van der Waals surface area contributed by atoms with Crippen LogP contribution in [0.25, 0.3) is 0 Å². The molecule has 7 nitrogen and oxygen atoms in total. The van der Waals surface area contributed by atoms with Crippen LogP contribution in [0.15, 0.2) is 30.5 Å². The SMILES string of the molecule is CN(C)c1ccnc(NC2CCC(NC(=O)Nc3cccc(Cl)c3Cl)CC2)n1. The number of aromatic nitrogens is 2. The molecule has 0 aliphatic heterocycles. The smallest absolute Gasteiger partial charge is 0.319 e. The number of halogens is 2. The Morgan fingerprint density at radius 2 is 1.82 bits per heavy atom. The number of amides is 2. The van der Waals surface area contributed by atoms with E-state index >= 15 is 0 Å². The number of rotatable bonds is 5. The quantitative estimate of drug-likeness (QED) is 0.665. The molecule has 1 heterocycles. The van der Waals surface area contributed by atoms with Crippen LogP contribution < -0.4 is 20.9 Å². The summed E-state index contributed by atoms with van der Waals surface area (Å²) >= 11 is 12.1. The second-order valence-electron chi connectivity index (χ2n) is 7.03. The van der Waals surface area contributed by atoms with Crippen LogP contribution in [-0.4, -0.2) is 42.2 Å². The van der Waals surface area contributed by atoms with Gasteiger partial charge >= 0.3 is 6.03 Å². The van der Waals surface area contributed by atoms with Gasteiger partial charge in [0.15, 0.2) is 0 Å². The molecule has 0 unspecified atom stereocenters. The maximum absolute atomic E-state index is 12.3. The zero-order valence-electron chi connectivity index (χ0n) is 15.9. The van der Waals surface area contributed by atoms with Crippen LogP contribution in [0.5, 0.6) is 0 Å². The Balaban J connectivity index is 1.47. The summed E-state index contributed by atoms with van der Waals surface area (Å²) in [4.78, 5) is 23.0. The first-order chi connectivity index (χ1) is 13.4. The maximum Gasteiger partial charge on any atom is 0.319 e. The molecule has 1 aromatic carbocycles. The highest BCUT2D eigenvalue weighted by molar-refractivity contribution is 6.43. The van der Waals surface area contributed by atoms with Crippen LogP contribution in [-0.2, 0) is 0 Å². The standard InChI is InChI=1S/C19H24Cl2N6O/c1-27(2)16-10-11-22-18(26-16)23-12-6-8-13(9-7-12)24-19(28)25-15-5-3-4-14(20)17(15)21/h3-5,10-13H,6-9H2,1-2H3,(H,22,23,26)(H2,24,25,28). The lowest BCUT2D eigenvalue weighted by atomic mass is 9.91. The van der Waals surface area contributed by atoms with Gasteiger partial charge in [-0.2, -0.15) is 4.98 Å². The fourth-order valence-corrected chi connectivity index (χ4v) is 3.52. The summed E-state index contributed by atoms with van der Waals surface area (Å²) in [5, 5.41) is 9.91. The highest BCUT2D eigenvalue weighted by atomic mass is 35.5. The van der Waals surface area contributed by atoms with Gasteiger partial charge in [-0.1, -0.05) is 29.3 Å². The number of nitrogens with zero attached hydrogens (tertiary/aromatic N) is 3. The second-order valence-corrected chi connectivity index (χ2v) is 7.81. The first-order valence-corrected chi connectivity index (χ1v) is 9.96. The molecule has 1 aliphatic rings. The van der Waals surface area contributed by atoms with E-state index in [-0.39, 0.29) is 12.1 Å². The predicted octanol–water partition coefficient (Wildman–Crippen LogP) is 4.39. The normalized spacial score (nSPS) is 19.0. The molecule has 0 saturated heterocycles. The number of carbonyl (C=O) groups excluding carboxylic acids is 1. The van der Waals surface area contributed by atoms with E-state index < -0.39 is 0 Å². The summed E-state index contributed by atoms with van der Waals surface area (Å²) < 4.78 is 0. The lowest BCUT2D eigenvalue weighted by Gasteiger charge is -2.29. The van der Waals surface area contributed by atoms with Gasteiger partial charge in [-0.3, -0.25) is 0 Å². The second kappa shape index (κ2) is 9.30. The molecule has 0 radical (unpaired) electrons. The van der Waals surface area contributed by atoms with Crippen molar-refractivity contribution in [1.82, 2.24) is 15.3 Å². The van der Waals surface area contributed by atoms with Gasteiger partial charge in [-0.25, -0.2) is 9.78 Å². The van der Waals surface area contributed by atoms with Gasteiger partial charge in [0.25, 0.3) is 0 Å². The number of urea groups is 1. The number of nitrogens with one attached hydrogen (secondary N) is 3. The number of hydrogen-bond donors (Lipinski definition) is 3. The Bertz CT molecular complexity index is 824. The van der Waals surface area contributed by atoms with Crippen molar-refractivity contribution in [1.29, 1.82) is 0 Å². The van der Waals surface area contributed by atoms with Crippen molar-refractivity contribution in [3.05, 3.63) is 40.5 Å². The molecule has 28 heavy (non-hydrogen) atoms. The van der Waals surface area contributed by atoms with Crippen molar-refractivity contribution < 1.29 is 4.79 Å². The van der Waals surface area contributed by atoms with E-state index in [0.29, 0.717) is 27.7 Å². The van der Waals surface area contributed by atoms with E-state index in [1.807, 2.05) is 25.1 Å². The molecule has 2 aromatic rings. The largest absolute Gasteiger partial charge is 0.363 e. The predicted molar refractivity (Wildman–Crippen MR) is 115 cm³/mol. The average Bonchev–Trinajstić information content (AvgIpc) is 2.67. The number of anilines is 3. The fraction of sp³-hybridized carbons (Fsp3) is 0.421. The molecule has 3 rings (SSSR count). The van der Waals surface area contributed by atoms with Crippen LogP contribution in [0.3, 0.4) is 0 Å². The summed E-state index contributed by atoms with van der Waals surface area (Å²) in [6.07, 6.45) is 5.36. The molecular weight excluding hydrogens is 399 g/mol. The molecule has 3 N–H and O–H groups in total. The molecule has 0 atom stereocenters. The molecule has 0 spiro atoms. The van der Waals surface area contributed by atoms with Gasteiger partial charge in [0.2, 0.25) is 5.95 Å². The highest BCUT2D eigenvalue weighted by Crippen LogP contribution is 2.29. The zero-order valence-corrected chi connectivity index (χ0v) is 17.4. The van der Waals surface area contributed by atoms with Gasteiger partial charge in [0.05, 0.1) is 15.7 Å². The Labute approximate surface area is 174 Å². The molecule has 1 fully saturated rings. The highest BCUT2D eigenvalue weighted by Gasteiger charge is 2.23. The summed E-state index contributed by atoms with van der Waals surface area (Å²) in [6.45, 7) is 0. The van der Waals surface area contributed by atoms with Crippen molar-refractivity contribution >= 4 is 46.7 Å². The summed E-state index contributed by atoms with van der Waals surface area (Å²) in [7, 11) is 3.90. The third-order valence-electron chi connectivity index (χ3n) is 4.69. The van der Waals surface area contributed by atoms with Crippen LogP contribution in [0.4, 0.5) is 22.2 Å². The van der Waals surface area contributed by atoms with E-state index in [1.165, 1.54) is 0 Å². The van der Waals surface area contributed by atoms with Crippen LogP contribution in [0.2, 0.25) is 10.0 Å². The topological polar surface area (TPSA) is 82.2 Å². The maximum atomic E-state index is 12.3. The minimum Gasteiger partial charge on any atom is -0.363 e. The minimum absolute atomic E-state index is 0.116. The number of hydrogen-bond acceptors (Lipinski definition) is 5. The van der Waals surface area contributed by atoms with Gasteiger partial charge in [-0.15, -0.1) is 0 Å². The Morgan fingerprint density at radius 3 is 2.54 bits per heavy atom. The van der Waals surface area contributed by atoms with Gasteiger partial charge in [-0.05, 0) is 43.9 Å². The lowest BCUT2D eigenvalue weighted by Crippen LogP contribution is -2.42. The van der Waals surface area contributed by atoms with Crippen molar-refractivity contribution in [2.45, 2.75) is 37.8 Å². The van der Waals surface area contributed by atoms with Crippen molar-refractivity contribution in [2.24, 2.45) is 0 Å². The Morgan fingerprint density at radius 1 is 1.11 bits per heavy atom. The molecule has 9 heteroatoms. The van der Waals surface area contributed by atoms with Crippen molar-refractivity contribution in [3.8, 4) is 0 Å². The molecule has 1 saturated carbocycles. The summed E-state index contributed by atoms with van der Waals surface area (Å²) in [6, 6.07) is 7.15. The molecule has 0 bridgehead atoms. The van der Waals surface area contributed by atoms with Crippen molar-refractivity contribution in [3.63, 3.8) is 0 Å². The third kappa shape index (κ3) is 5.39. The van der Waals surface area contributed by atoms with Crippen LogP contribution in [0.1, 0.15) is 25.7 Å². The average molecular weight is 423 g/mol. The lowest BCUT2D eigenvalue weighted by molar-refractivity contribution is 0.243. The van der Waals surface area contributed by atoms with Gasteiger partial charge in [0, 0.05) is 32.4 Å². The van der Waals surface area contributed by atoms with Crippen molar-refractivity contribution in [2.75, 3.05) is 29.6 Å². The summed E-state index contributed by atoms with van der Waals surface area (Å²) in [5.74, 6) is 1.50.